The topological polar surface area (TPSA) is 12.0 Å². The predicted octanol–water partition coefficient (Wildman–Crippen LogP) is 4.51. The Morgan fingerprint density at radius 1 is 1.05 bits per heavy atom. The number of nitrogens with one attached hydrogen (secondary N) is 1. The van der Waals surface area contributed by atoms with E-state index >= 15 is 0 Å². The van der Waals surface area contributed by atoms with Crippen LogP contribution in [0.3, 0.4) is 0 Å². The van der Waals surface area contributed by atoms with Gasteiger partial charge in [-0.3, -0.25) is 0 Å². The molecule has 0 spiro atoms. The second kappa shape index (κ2) is 5.75. The van der Waals surface area contributed by atoms with Gasteiger partial charge in [-0.25, -0.2) is 0 Å². The van der Waals surface area contributed by atoms with Crippen LogP contribution >= 0.6 is 0 Å². The summed E-state index contributed by atoms with van der Waals surface area (Å²) in [5, 5.41) is 6.50. The highest BCUT2D eigenvalue weighted by Gasteiger charge is 2.18. The van der Waals surface area contributed by atoms with Gasteiger partial charge < -0.3 is 5.32 Å². The molecule has 0 heterocycles. The molecule has 0 aliphatic heterocycles. The van der Waals surface area contributed by atoms with Crippen molar-refractivity contribution in [1.29, 1.82) is 0 Å². The van der Waals surface area contributed by atoms with Crippen molar-refractivity contribution in [2.75, 3.05) is 0 Å². The zero-order valence-corrected chi connectivity index (χ0v) is 11.7. The van der Waals surface area contributed by atoms with Crippen molar-refractivity contribution in [3.8, 4) is 0 Å². The monoisotopic (exact) mass is 253 g/mol. The van der Waals surface area contributed by atoms with Gasteiger partial charge in [-0.15, -0.1) is 0 Å². The lowest BCUT2D eigenvalue weighted by Gasteiger charge is -2.27. The Bertz CT molecular complexity index is 541. The van der Waals surface area contributed by atoms with Crippen LogP contribution in [0.5, 0.6) is 0 Å². The number of hydrogen-bond acceptors (Lipinski definition) is 1. The highest BCUT2D eigenvalue weighted by atomic mass is 14.9. The fourth-order valence-corrected chi connectivity index (χ4v) is 3.32. The fourth-order valence-electron chi connectivity index (χ4n) is 3.32. The molecule has 0 amide bonds. The minimum absolute atomic E-state index is 0.711. The molecule has 1 nitrogen and oxygen atoms in total. The first-order valence-electron chi connectivity index (χ1n) is 7.53. The van der Waals surface area contributed by atoms with Crippen molar-refractivity contribution in [2.45, 2.75) is 45.2 Å². The van der Waals surface area contributed by atoms with Crippen LogP contribution in [0.25, 0.3) is 10.8 Å². The molecule has 1 N–H and O–H groups in total. The quantitative estimate of drug-likeness (QED) is 0.848. The lowest BCUT2D eigenvalue weighted by molar-refractivity contribution is 0.301. The Labute approximate surface area is 116 Å². The molecule has 0 aromatic heterocycles. The Morgan fingerprint density at radius 2 is 1.89 bits per heavy atom. The van der Waals surface area contributed by atoms with Gasteiger partial charge in [0, 0.05) is 12.6 Å². The van der Waals surface area contributed by atoms with E-state index in [4.69, 9.17) is 0 Å². The van der Waals surface area contributed by atoms with Gasteiger partial charge in [0.1, 0.15) is 0 Å². The molecule has 3 rings (SSSR count). The van der Waals surface area contributed by atoms with Crippen LogP contribution in [0, 0.1) is 5.92 Å². The summed E-state index contributed by atoms with van der Waals surface area (Å²) < 4.78 is 0. The molecule has 2 aromatic rings. The molecule has 0 saturated heterocycles. The van der Waals surface area contributed by atoms with E-state index < -0.39 is 0 Å². The molecular weight excluding hydrogens is 230 g/mol. The molecule has 1 fully saturated rings. The van der Waals surface area contributed by atoms with E-state index in [-0.39, 0.29) is 0 Å². The number of fused-ring (bicyclic) bond motifs is 1. The van der Waals surface area contributed by atoms with Crippen LogP contribution in [0.1, 0.15) is 38.2 Å². The van der Waals surface area contributed by atoms with E-state index in [1.54, 1.807) is 0 Å². The smallest absolute Gasteiger partial charge is 0.0214 e. The van der Waals surface area contributed by atoms with Crippen molar-refractivity contribution < 1.29 is 0 Å². The van der Waals surface area contributed by atoms with Crippen LogP contribution in [-0.2, 0) is 6.54 Å². The van der Waals surface area contributed by atoms with E-state index in [1.165, 1.54) is 42.0 Å². The number of hydrogen-bond donors (Lipinski definition) is 1. The van der Waals surface area contributed by atoms with Crippen LogP contribution in [0.2, 0.25) is 0 Å². The van der Waals surface area contributed by atoms with Crippen molar-refractivity contribution >= 4 is 10.8 Å². The summed E-state index contributed by atoms with van der Waals surface area (Å²) in [6.45, 7) is 3.38. The summed E-state index contributed by atoms with van der Waals surface area (Å²) in [7, 11) is 0. The van der Waals surface area contributed by atoms with Crippen molar-refractivity contribution in [1.82, 2.24) is 5.32 Å². The van der Waals surface area contributed by atoms with E-state index in [0.29, 0.717) is 6.04 Å². The first-order chi connectivity index (χ1) is 9.33. The third-order valence-corrected chi connectivity index (χ3v) is 4.40. The summed E-state index contributed by atoms with van der Waals surface area (Å²) >= 11 is 0. The maximum Gasteiger partial charge on any atom is 0.0214 e. The highest BCUT2D eigenvalue weighted by molar-refractivity contribution is 5.85. The standard InChI is InChI=1S/C18H23N/c1-14-6-4-10-17(12-14)19-13-16-9-5-8-15-7-2-3-11-18(15)16/h2-3,5,7-9,11,14,17,19H,4,6,10,12-13H2,1H3. The third-order valence-electron chi connectivity index (χ3n) is 4.40. The van der Waals surface area contributed by atoms with Gasteiger partial charge in [-0.1, -0.05) is 62.2 Å². The SMILES string of the molecule is CC1CCCC(NCc2cccc3ccccc23)C1. The first-order valence-corrected chi connectivity index (χ1v) is 7.53. The van der Waals surface area contributed by atoms with Crippen LogP contribution in [0.4, 0.5) is 0 Å². The van der Waals surface area contributed by atoms with Gasteiger partial charge in [0.25, 0.3) is 0 Å². The molecule has 0 radical (unpaired) electrons. The predicted molar refractivity (Wildman–Crippen MR) is 82.2 cm³/mol. The molecule has 2 atom stereocenters. The molecule has 1 saturated carbocycles. The van der Waals surface area contributed by atoms with Gasteiger partial charge in [0.05, 0.1) is 0 Å². The average Bonchev–Trinajstić information content (AvgIpc) is 2.45. The molecule has 1 aliphatic rings. The van der Waals surface area contributed by atoms with Gasteiger partial charge in [0.15, 0.2) is 0 Å². The maximum absolute atomic E-state index is 3.76. The normalized spacial score (nSPS) is 23.6. The molecule has 1 heteroatoms. The van der Waals surface area contributed by atoms with E-state index in [1.807, 2.05) is 0 Å². The zero-order valence-electron chi connectivity index (χ0n) is 11.7. The van der Waals surface area contributed by atoms with E-state index in [2.05, 4.69) is 54.7 Å². The lowest BCUT2D eigenvalue weighted by Crippen LogP contribution is -2.33. The Kier molecular flexibility index (Phi) is 3.84. The number of rotatable bonds is 3. The van der Waals surface area contributed by atoms with Crippen LogP contribution in [0.15, 0.2) is 42.5 Å². The Hall–Kier alpha value is -1.34. The van der Waals surface area contributed by atoms with Gasteiger partial charge in [-0.05, 0) is 35.1 Å². The van der Waals surface area contributed by atoms with Crippen LogP contribution < -0.4 is 5.32 Å². The molecule has 0 bridgehead atoms. The molecular formula is C18H23N. The van der Waals surface area contributed by atoms with Gasteiger partial charge in [-0.2, -0.15) is 0 Å². The van der Waals surface area contributed by atoms with Crippen molar-refractivity contribution in [3.63, 3.8) is 0 Å². The molecule has 2 unspecified atom stereocenters. The maximum atomic E-state index is 3.76. The van der Waals surface area contributed by atoms with Gasteiger partial charge >= 0.3 is 0 Å². The second-order valence-electron chi connectivity index (χ2n) is 5.99. The molecule has 2 aromatic carbocycles. The highest BCUT2D eigenvalue weighted by Crippen LogP contribution is 2.24. The zero-order chi connectivity index (χ0) is 13.1. The average molecular weight is 253 g/mol. The van der Waals surface area contributed by atoms with Crippen molar-refractivity contribution in [2.24, 2.45) is 5.92 Å². The Balaban J connectivity index is 1.71. The number of benzene rings is 2. The van der Waals surface area contributed by atoms with Crippen LogP contribution in [-0.4, -0.2) is 6.04 Å². The summed E-state index contributed by atoms with van der Waals surface area (Å²) in [4.78, 5) is 0. The Morgan fingerprint density at radius 3 is 2.79 bits per heavy atom. The largest absolute Gasteiger partial charge is 0.310 e. The van der Waals surface area contributed by atoms with E-state index in [9.17, 15) is 0 Å². The minimum atomic E-state index is 0.711. The summed E-state index contributed by atoms with van der Waals surface area (Å²) in [6, 6.07) is 16.0. The van der Waals surface area contributed by atoms with Crippen molar-refractivity contribution in [3.05, 3.63) is 48.0 Å². The fraction of sp³-hybridized carbons (Fsp3) is 0.444. The second-order valence-corrected chi connectivity index (χ2v) is 5.99. The van der Waals surface area contributed by atoms with Gasteiger partial charge in [0.2, 0.25) is 0 Å². The summed E-state index contributed by atoms with van der Waals surface area (Å²) in [5.41, 5.74) is 1.43. The molecule has 19 heavy (non-hydrogen) atoms. The van der Waals surface area contributed by atoms with E-state index in [0.717, 1.165) is 12.5 Å². The first kappa shape index (κ1) is 12.7. The summed E-state index contributed by atoms with van der Waals surface area (Å²) in [6.07, 6.45) is 5.47. The lowest BCUT2D eigenvalue weighted by atomic mass is 9.87. The summed E-state index contributed by atoms with van der Waals surface area (Å²) in [5.74, 6) is 0.888. The minimum Gasteiger partial charge on any atom is -0.310 e. The molecule has 1 aliphatic carbocycles. The molecule has 100 valence electrons. The third kappa shape index (κ3) is 2.98.